The molecule has 8 heteroatoms. The Labute approximate surface area is 204 Å². The van der Waals surface area contributed by atoms with Crippen LogP contribution in [0.5, 0.6) is 0 Å². The van der Waals surface area contributed by atoms with Gasteiger partial charge in [0.1, 0.15) is 11.4 Å². The van der Waals surface area contributed by atoms with E-state index in [4.69, 9.17) is 0 Å². The molecule has 1 atom stereocenters. The minimum atomic E-state index is -3.93. The fourth-order valence-electron chi connectivity index (χ4n) is 3.89. The molecule has 0 amide bonds. The van der Waals surface area contributed by atoms with E-state index in [9.17, 15) is 8.42 Å². The maximum Gasteiger partial charge on any atom is 0.276 e. The van der Waals surface area contributed by atoms with Crippen LogP contribution in [0.1, 0.15) is 16.7 Å². The van der Waals surface area contributed by atoms with Crippen LogP contribution in [0, 0.1) is 6.92 Å². The number of nitrogens with one attached hydrogen (secondary N) is 2. The molecule has 1 unspecified atom stereocenters. The zero-order chi connectivity index (χ0) is 24.3. The van der Waals surface area contributed by atoms with Gasteiger partial charge in [0.05, 0.1) is 10.6 Å². The number of hydrazone groups is 1. The van der Waals surface area contributed by atoms with Crippen LogP contribution in [-0.2, 0) is 15.7 Å². The Bertz CT molecular complexity index is 1500. The zero-order valence-electron chi connectivity index (χ0n) is 19.0. The molecular weight excluding hydrogens is 458 g/mol. The first-order chi connectivity index (χ1) is 17.0. The van der Waals surface area contributed by atoms with Crippen LogP contribution in [0.3, 0.4) is 0 Å². The van der Waals surface area contributed by atoms with Gasteiger partial charge < -0.3 is 5.32 Å². The van der Waals surface area contributed by atoms with Crippen LogP contribution in [0.25, 0.3) is 0 Å². The molecule has 7 nitrogen and oxygen atoms in total. The quantitative estimate of drug-likeness (QED) is 0.272. The summed E-state index contributed by atoms with van der Waals surface area (Å²) in [5, 5.41) is 17.1. The van der Waals surface area contributed by atoms with Crippen molar-refractivity contribution in [1.82, 2.24) is 4.83 Å². The molecule has 0 spiro atoms. The number of para-hydroxylation sites is 1. The van der Waals surface area contributed by atoms with E-state index in [2.05, 4.69) is 25.5 Å². The summed E-state index contributed by atoms with van der Waals surface area (Å²) in [6, 6.07) is 33.0. The second-order valence-corrected chi connectivity index (χ2v) is 9.81. The number of anilines is 1. The predicted molar refractivity (Wildman–Crippen MR) is 137 cm³/mol. The number of nitrogens with zero attached hydrogens (tertiary/aromatic N) is 3. The van der Waals surface area contributed by atoms with E-state index >= 15 is 0 Å². The van der Waals surface area contributed by atoms with Gasteiger partial charge in [-0.1, -0.05) is 90.5 Å². The Morgan fingerprint density at radius 1 is 0.829 bits per heavy atom. The van der Waals surface area contributed by atoms with Gasteiger partial charge >= 0.3 is 0 Å². The number of sulfonamides is 1. The maximum absolute atomic E-state index is 13.1. The first-order valence-corrected chi connectivity index (χ1v) is 12.5. The van der Waals surface area contributed by atoms with Crippen molar-refractivity contribution < 1.29 is 8.42 Å². The van der Waals surface area contributed by atoms with Gasteiger partial charge in [0.2, 0.25) is 5.66 Å². The number of hydrogen-bond donors (Lipinski definition) is 2. The normalized spacial score (nSPS) is 17.3. The monoisotopic (exact) mass is 481 g/mol. The van der Waals surface area contributed by atoms with E-state index in [0.717, 1.165) is 16.8 Å². The highest BCUT2D eigenvalue weighted by Crippen LogP contribution is 2.41. The number of benzene rings is 4. The smallest absolute Gasteiger partial charge is 0.276 e. The van der Waals surface area contributed by atoms with Crippen LogP contribution in [-0.4, -0.2) is 14.1 Å². The van der Waals surface area contributed by atoms with Crippen LogP contribution >= 0.6 is 0 Å². The second-order valence-electron chi connectivity index (χ2n) is 8.15. The lowest BCUT2D eigenvalue weighted by molar-refractivity contribution is 0.582. The van der Waals surface area contributed by atoms with Crippen LogP contribution in [0.4, 0.5) is 11.4 Å². The summed E-state index contributed by atoms with van der Waals surface area (Å²) >= 11 is 0. The van der Waals surface area contributed by atoms with E-state index in [1.54, 1.807) is 24.3 Å². The van der Waals surface area contributed by atoms with Gasteiger partial charge in [-0.05, 0) is 31.2 Å². The van der Waals surface area contributed by atoms with Crippen molar-refractivity contribution in [3.63, 3.8) is 0 Å². The van der Waals surface area contributed by atoms with Crippen molar-refractivity contribution in [3.05, 3.63) is 126 Å². The molecule has 174 valence electrons. The van der Waals surface area contributed by atoms with Gasteiger partial charge in [0.15, 0.2) is 0 Å². The SMILES string of the molecule is Cc1ccc(S(=O)(=O)NN=C(c2ccccc2)C2(c3ccccc3)N=Nc3ccccc3N2)cc1. The lowest BCUT2D eigenvalue weighted by atomic mass is 9.89. The maximum atomic E-state index is 13.1. The van der Waals surface area contributed by atoms with E-state index in [0.29, 0.717) is 17.0 Å². The summed E-state index contributed by atoms with van der Waals surface area (Å²) in [6.07, 6.45) is 0. The highest BCUT2D eigenvalue weighted by atomic mass is 32.2. The van der Waals surface area contributed by atoms with Gasteiger partial charge in [0.25, 0.3) is 10.0 Å². The molecule has 0 aliphatic carbocycles. The Balaban J connectivity index is 1.68. The molecule has 4 aromatic rings. The van der Waals surface area contributed by atoms with Crippen LogP contribution in [0.15, 0.2) is 129 Å². The molecule has 35 heavy (non-hydrogen) atoms. The van der Waals surface area contributed by atoms with Gasteiger partial charge in [0, 0.05) is 11.1 Å². The molecule has 0 bridgehead atoms. The molecule has 4 aromatic carbocycles. The minimum Gasteiger partial charge on any atom is -0.349 e. The largest absolute Gasteiger partial charge is 0.349 e. The Morgan fingerprint density at radius 3 is 2.17 bits per heavy atom. The Kier molecular flexibility index (Phi) is 5.88. The summed E-state index contributed by atoms with van der Waals surface area (Å²) in [5.74, 6) is 0. The average molecular weight is 482 g/mol. The zero-order valence-corrected chi connectivity index (χ0v) is 19.8. The van der Waals surface area contributed by atoms with Crippen molar-refractivity contribution >= 4 is 27.1 Å². The van der Waals surface area contributed by atoms with E-state index < -0.39 is 15.7 Å². The third-order valence-corrected chi connectivity index (χ3v) is 6.94. The summed E-state index contributed by atoms with van der Waals surface area (Å²) in [4.78, 5) is 2.55. The second kappa shape index (κ2) is 9.15. The molecule has 1 heterocycles. The fourth-order valence-corrected chi connectivity index (χ4v) is 4.71. The van der Waals surface area contributed by atoms with Crippen molar-refractivity contribution in [2.24, 2.45) is 15.3 Å². The van der Waals surface area contributed by atoms with E-state index in [-0.39, 0.29) is 4.90 Å². The standard InChI is InChI=1S/C27H23N5O2S/c1-20-16-18-23(19-17-20)35(33,34)32-30-26(21-10-4-2-5-11-21)27(22-12-6-3-7-13-22)28-24-14-8-9-15-25(24)29-31-27/h2-19,28,32H,1H3. The van der Waals surface area contributed by atoms with E-state index in [1.165, 1.54) is 0 Å². The average Bonchev–Trinajstić information content (AvgIpc) is 2.90. The first-order valence-electron chi connectivity index (χ1n) is 11.1. The van der Waals surface area contributed by atoms with Crippen molar-refractivity contribution in [2.75, 3.05) is 5.32 Å². The number of rotatable bonds is 6. The molecular formula is C27H23N5O2S. The van der Waals surface area contributed by atoms with Gasteiger partial charge in [-0.3, -0.25) is 0 Å². The molecule has 0 radical (unpaired) electrons. The number of aryl methyl sites for hydroxylation is 1. The van der Waals surface area contributed by atoms with Gasteiger partial charge in [-0.15, -0.1) is 5.11 Å². The first kappa shape index (κ1) is 22.5. The predicted octanol–water partition coefficient (Wildman–Crippen LogP) is 5.74. The molecule has 0 saturated carbocycles. The minimum absolute atomic E-state index is 0.122. The molecule has 1 aliphatic heterocycles. The van der Waals surface area contributed by atoms with Crippen LogP contribution in [0.2, 0.25) is 0 Å². The molecule has 1 aliphatic rings. The molecule has 2 N–H and O–H groups in total. The van der Waals surface area contributed by atoms with Crippen molar-refractivity contribution in [1.29, 1.82) is 0 Å². The fraction of sp³-hybridized carbons (Fsp3) is 0.0741. The van der Waals surface area contributed by atoms with Crippen LogP contribution < -0.4 is 10.1 Å². The molecule has 0 fully saturated rings. The van der Waals surface area contributed by atoms with Crippen molar-refractivity contribution in [2.45, 2.75) is 17.5 Å². The molecule has 0 saturated heterocycles. The Morgan fingerprint density at radius 2 is 1.46 bits per heavy atom. The number of fused-ring (bicyclic) bond motifs is 1. The van der Waals surface area contributed by atoms with Gasteiger partial charge in [-0.25, -0.2) is 0 Å². The number of azo groups is 1. The highest BCUT2D eigenvalue weighted by Gasteiger charge is 2.42. The topological polar surface area (TPSA) is 95.3 Å². The number of hydrogen-bond acceptors (Lipinski definition) is 6. The summed E-state index contributed by atoms with van der Waals surface area (Å²) in [7, 11) is -3.93. The van der Waals surface area contributed by atoms with E-state index in [1.807, 2.05) is 91.9 Å². The highest BCUT2D eigenvalue weighted by molar-refractivity contribution is 7.89. The third-order valence-electron chi connectivity index (χ3n) is 5.72. The summed E-state index contributed by atoms with van der Waals surface area (Å²) in [6.45, 7) is 1.90. The molecule has 5 rings (SSSR count). The lowest BCUT2D eigenvalue weighted by Gasteiger charge is -2.35. The Hall–Kier alpha value is -4.30. The lowest BCUT2D eigenvalue weighted by Crippen LogP contribution is -2.44. The summed E-state index contributed by atoms with van der Waals surface area (Å²) < 4.78 is 26.2. The molecule has 0 aromatic heterocycles. The third kappa shape index (κ3) is 4.43. The van der Waals surface area contributed by atoms with Crippen molar-refractivity contribution in [3.8, 4) is 0 Å². The van der Waals surface area contributed by atoms with Gasteiger partial charge in [-0.2, -0.15) is 23.5 Å². The summed E-state index contributed by atoms with van der Waals surface area (Å²) in [5.41, 5.74) is 2.95.